The molecule has 0 fully saturated rings. The smallest absolute Gasteiger partial charge is 0.311 e. The summed E-state index contributed by atoms with van der Waals surface area (Å²) in [6, 6.07) is 12.8. The lowest BCUT2D eigenvalue weighted by Crippen LogP contribution is -2.09. The highest BCUT2D eigenvalue weighted by Crippen LogP contribution is 2.31. The highest BCUT2D eigenvalue weighted by molar-refractivity contribution is 6.43. The molecular weight excluding hydrogens is 361 g/mol. The third-order valence-electron chi connectivity index (χ3n) is 3.57. The Morgan fingerprint density at radius 2 is 1.92 bits per heavy atom. The van der Waals surface area contributed by atoms with E-state index >= 15 is 0 Å². The number of nitrogens with zero attached hydrogens (tertiary/aromatic N) is 1. The number of aryl methyl sites for hydroxylation is 2. The molecule has 0 bridgehead atoms. The maximum Gasteiger partial charge on any atom is 0.311 e. The van der Waals surface area contributed by atoms with Crippen molar-refractivity contribution >= 4 is 29.2 Å². The van der Waals surface area contributed by atoms with Crippen molar-refractivity contribution in [2.45, 2.75) is 19.8 Å². The summed E-state index contributed by atoms with van der Waals surface area (Å²) in [6.07, 6.45) is 2.11. The van der Waals surface area contributed by atoms with E-state index in [9.17, 15) is 4.79 Å². The van der Waals surface area contributed by atoms with Gasteiger partial charge in [-0.1, -0.05) is 59.1 Å². The molecule has 0 aliphatic rings. The van der Waals surface area contributed by atoms with E-state index in [2.05, 4.69) is 4.98 Å². The lowest BCUT2D eigenvalue weighted by Gasteiger charge is -2.06. The van der Waals surface area contributed by atoms with Gasteiger partial charge in [0.05, 0.1) is 17.6 Å². The lowest BCUT2D eigenvalue weighted by atomic mass is 10.1. The molecule has 0 unspecified atom stereocenters. The number of benzene rings is 2. The van der Waals surface area contributed by atoms with Crippen LogP contribution in [0.4, 0.5) is 0 Å². The van der Waals surface area contributed by atoms with Crippen LogP contribution in [-0.4, -0.2) is 11.0 Å². The van der Waals surface area contributed by atoms with Crippen LogP contribution in [0.15, 0.2) is 53.1 Å². The van der Waals surface area contributed by atoms with Crippen LogP contribution in [0.3, 0.4) is 0 Å². The number of hydrogen-bond donors (Lipinski definition) is 0. The Bertz CT molecular complexity index is 888. The van der Waals surface area contributed by atoms with Crippen molar-refractivity contribution in [2.24, 2.45) is 0 Å². The quantitative estimate of drug-likeness (QED) is 0.436. The molecule has 2 aromatic carbocycles. The summed E-state index contributed by atoms with van der Waals surface area (Å²) >= 11 is 11.9. The number of ether oxygens (including phenoxy) is 1. The largest absolute Gasteiger partial charge is 0.441 e. The van der Waals surface area contributed by atoms with Crippen LogP contribution < -0.4 is 4.74 Å². The van der Waals surface area contributed by atoms with Gasteiger partial charge in [-0.15, -0.1) is 0 Å². The second kappa shape index (κ2) is 7.72. The summed E-state index contributed by atoms with van der Waals surface area (Å²) in [5.74, 6) is 0.956. The van der Waals surface area contributed by atoms with E-state index in [1.165, 1.54) is 5.56 Å². The molecule has 0 saturated heterocycles. The second-order valence-electron chi connectivity index (χ2n) is 5.51. The SMILES string of the molecule is Cc1ccc(-c2cnc(CCC(=O)Oc3cccc(Cl)c3Cl)o2)cc1. The molecule has 6 heteroatoms. The van der Waals surface area contributed by atoms with Gasteiger partial charge in [0.1, 0.15) is 5.02 Å². The second-order valence-corrected chi connectivity index (χ2v) is 6.30. The van der Waals surface area contributed by atoms with Crippen molar-refractivity contribution in [2.75, 3.05) is 0 Å². The number of hydrogen-bond acceptors (Lipinski definition) is 4. The van der Waals surface area contributed by atoms with Gasteiger partial charge in [0.2, 0.25) is 0 Å². The number of carbonyl (C=O) groups excluding carboxylic acids is 1. The molecule has 3 aromatic rings. The first-order valence-electron chi connectivity index (χ1n) is 7.69. The Morgan fingerprint density at radius 3 is 2.68 bits per heavy atom. The maximum atomic E-state index is 12.0. The molecule has 0 amide bonds. The molecule has 25 heavy (non-hydrogen) atoms. The molecule has 0 radical (unpaired) electrons. The van der Waals surface area contributed by atoms with Gasteiger partial charge in [-0.3, -0.25) is 4.79 Å². The Hall–Kier alpha value is -2.30. The third kappa shape index (κ3) is 4.41. The summed E-state index contributed by atoms with van der Waals surface area (Å²) in [4.78, 5) is 16.2. The standard InChI is InChI=1S/C19H15Cl2NO3/c1-12-5-7-13(8-6-12)16-11-22-17(24-16)9-10-18(23)25-15-4-2-3-14(20)19(15)21/h2-8,11H,9-10H2,1H3. The number of esters is 1. The van der Waals surface area contributed by atoms with Crippen molar-refractivity contribution < 1.29 is 13.9 Å². The highest BCUT2D eigenvalue weighted by Gasteiger charge is 2.13. The first-order chi connectivity index (χ1) is 12.0. The number of halogens is 2. The van der Waals surface area contributed by atoms with Crippen LogP contribution in [0.25, 0.3) is 11.3 Å². The van der Waals surface area contributed by atoms with Crippen LogP contribution in [0.1, 0.15) is 17.9 Å². The molecule has 1 heterocycles. The molecule has 3 rings (SSSR count). The average molecular weight is 376 g/mol. The summed E-state index contributed by atoms with van der Waals surface area (Å²) in [5.41, 5.74) is 2.11. The predicted molar refractivity (Wildman–Crippen MR) is 97.1 cm³/mol. The zero-order valence-electron chi connectivity index (χ0n) is 13.5. The van der Waals surface area contributed by atoms with E-state index in [-0.39, 0.29) is 17.2 Å². The van der Waals surface area contributed by atoms with Crippen LogP contribution in [-0.2, 0) is 11.2 Å². The molecule has 0 N–H and O–H groups in total. The summed E-state index contributed by atoms with van der Waals surface area (Å²) in [5, 5.41) is 0.553. The Balaban J connectivity index is 1.59. The van der Waals surface area contributed by atoms with Crippen molar-refractivity contribution in [1.29, 1.82) is 0 Å². The van der Waals surface area contributed by atoms with Gasteiger partial charge in [-0.25, -0.2) is 4.98 Å². The monoisotopic (exact) mass is 375 g/mol. The zero-order chi connectivity index (χ0) is 17.8. The van der Waals surface area contributed by atoms with E-state index in [0.29, 0.717) is 23.1 Å². The van der Waals surface area contributed by atoms with E-state index in [1.807, 2.05) is 31.2 Å². The number of rotatable bonds is 5. The fraction of sp³-hybridized carbons (Fsp3) is 0.158. The minimum atomic E-state index is -0.431. The van der Waals surface area contributed by atoms with Gasteiger partial charge in [-0.2, -0.15) is 0 Å². The number of aromatic nitrogens is 1. The van der Waals surface area contributed by atoms with Gasteiger partial charge in [0, 0.05) is 12.0 Å². The van der Waals surface area contributed by atoms with Gasteiger partial charge >= 0.3 is 5.97 Å². The van der Waals surface area contributed by atoms with Crippen molar-refractivity contribution in [3.63, 3.8) is 0 Å². The number of carbonyl (C=O) groups is 1. The minimum absolute atomic E-state index is 0.122. The van der Waals surface area contributed by atoms with Gasteiger partial charge in [-0.05, 0) is 19.1 Å². The fourth-order valence-corrected chi connectivity index (χ4v) is 2.55. The van der Waals surface area contributed by atoms with Crippen LogP contribution in [0.5, 0.6) is 5.75 Å². The lowest BCUT2D eigenvalue weighted by molar-refractivity contribution is -0.134. The summed E-state index contributed by atoms with van der Waals surface area (Å²) < 4.78 is 10.9. The first kappa shape index (κ1) is 17.5. The maximum absolute atomic E-state index is 12.0. The minimum Gasteiger partial charge on any atom is -0.441 e. The van der Waals surface area contributed by atoms with Gasteiger partial charge < -0.3 is 9.15 Å². The van der Waals surface area contributed by atoms with Crippen molar-refractivity contribution in [1.82, 2.24) is 4.98 Å². The van der Waals surface area contributed by atoms with E-state index < -0.39 is 5.97 Å². The molecule has 1 aromatic heterocycles. The topological polar surface area (TPSA) is 52.3 Å². The van der Waals surface area contributed by atoms with E-state index in [1.54, 1.807) is 24.4 Å². The fourth-order valence-electron chi connectivity index (χ4n) is 2.22. The first-order valence-corrected chi connectivity index (χ1v) is 8.45. The average Bonchev–Trinajstić information content (AvgIpc) is 3.07. The zero-order valence-corrected chi connectivity index (χ0v) is 15.0. The Morgan fingerprint density at radius 1 is 1.16 bits per heavy atom. The van der Waals surface area contributed by atoms with Crippen molar-refractivity contribution in [3.05, 3.63) is 70.2 Å². The summed E-state index contributed by atoms with van der Waals surface area (Å²) in [6.45, 7) is 2.02. The Labute approximate surface area is 155 Å². The van der Waals surface area contributed by atoms with Crippen LogP contribution >= 0.6 is 23.2 Å². The van der Waals surface area contributed by atoms with Crippen molar-refractivity contribution in [3.8, 4) is 17.1 Å². The van der Waals surface area contributed by atoms with Crippen LogP contribution in [0.2, 0.25) is 10.0 Å². The molecule has 4 nitrogen and oxygen atoms in total. The molecular formula is C19H15Cl2NO3. The van der Waals surface area contributed by atoms with E-state index in [0.717, 1.165) is 5.56 Å². The molecule has 0 spiro atoms. The molecule has 0 atom stereocenters. The molecule has 128 valence electrons. The van der Waals surface area contributed by atoms with Gasteiger partial charge in [0.25, 0.3) is 0 Å². The Kier molecular flexibility index (Phi) is 5.41. The normalized spacial score (nSPS) is 10.7. The molecule has 0 aliphatic carbocycles. The molecule has 0 aliphatic heterocycles. The number of oxazole rings is 1. The predicted octanol–water partition coefficient (Wildman–Crippen LogP) is 5.50. The van der Waals surface area contributed by atoms with Gasteiger partial charge in [0.15, 0.2) is 17.4 Å². The van der Waals surface area contributed by atoms with E-state index in [4.69, 9.17) is 32.4 Å². The van der Waals surface area contributed by atoms with Crippen LogP contribution in [0, 0.1) is 6.92 Å². The highest BCUT2D eigenvalue weighted by atomic mass is 35.5. The third-order valence-corrected chi connectivity index (χ3v) is 4.37. The summed E-state index contributed by atoms with van der Waals surface area (Å²) in [7, 11) is 0. The molecule has 0 saturated carbocycles.